The van der Waals surface area contributed by atoms with Gasteiger partial charge in [0.25, 0.3) is 11.6 Å². The summed E-state index contributed by atoms with van der Waals surface area (Å²) in [5.74, 6) is -0.271. The number of amides is 1. The minimum atomic E-state index is -0.501. The van der Waals surface area contributed by atoms with Crippen molar-refractivity contribution < 1.29 is 9.72 Å². The van der Waals surface area contributed by atoms with Crippen molar-refractivity contribution in [1.29, 1.82) is 0 Å². The summed E-state index contributed by atoms with van der Waals surface area (Å²) in [4.78, 5) is 24.9. The molecule has 1 saturated heterocycles. The summed E-state index contributed by atoms with van der Waals surface area (Å²) in [6.45, 7) is 4.93. The van der Waals surface area contributed by atoms with E-state index in [4.69, 9.17) is 0 Å². The molecule has 1 heterocycles. The number of likely N-dealkylation sites (tertiary alicyclic amines) is 1. The van der Waals surface area contributed by atoms with Gasteiger partial charge < -0.3 is 10.2 Å². The molecule has 1 amide bonds. The highest BCUT2D eigenvalue weighted by atomic mass is 79.9. The lowest BCUT2D eigenvalue weighted by Crippen LogP contribution is -2.39. The van der Waals surface area contributed by atoms with Crippen LogP contribution in [0.15, 0.2) is 22.7 Å². The van der Waals surface area contributed by atoms with Crippen LogP contribution in [-0.4, -0.2) is 41.4 Å². The van der Waals surface area contributed by atoms with Crippen molar-refractivity contribution in [3.8, 4) is 0 Å². The lowest BCUT2D eigenvalue weighted by molar-refractivity contribution is -0.385. The van der Waals surface area contributed by atoms with Crippen LogP contribution in [0.25, 0.3) is 0 Å². The summed E-state index contributed by atoms with van der Waals surface area (Å²) >= 11 is 3.11. The Morgan fingerprint density at radius 3 is 2.96 bits per heavy atom. The number of halogens is 1. The number of rotatable bonds is 6. The van der Waals surface area contributed by atoms with E-state index in [2.05, 4.69) is 33.1 Å². The average molecular weight is 384 g/mol. The van der Waals surface area contributed by atoms with E-state index in [1.807, 2.05) is 0 Å². The molecule has 1 aliphatic rings. The highest BCUT2D eigenvalue weighted by molar-refractivity contribution is 9.10. The fraction of sp³-hybridized carbons (Fsp3) is 0.562. The van der Waals surface area contributed by atoms with E-state index in [1.165, 1.54) is 31.4 Å². The summed E-state index contributed by atoms with van der Waals surface area (Å²) in [5, 5.41) is 13.7. The van der Waals surface area contributed by atoms with Gasteiger partial charge in [-0.2, -0.15) is 0 Å². The lowest BCUT2D eigenvalue weighted by atomic mass is 10.0. The van der Waals surface area contributed by atoms with E-state index in [1.54, 1.807) is 6.07 Å². The average Bonchev–Trinajstić information content (AvgIpc) is 2.53. The molecule has 23 heavy (non-hydrogen) atoms. The fourth-order valence-electron chi connectivity index (χ4n) is 2.87. The molecule has 0 aliphatic carbocycles. The summed E-state index contributed by atoms with van der Waals surface area (Å²) < 4.78 is 0.373. The van der Waals surface area contributed by atoms with Gasteiger partial charge >= 0.3 is 0 Å². The molecule has 1 aromatic carbocycles. The monoisotopic (exact) mass is 383 g/mol. The molecule has 0 aromatic heterocycles. The normalized spacial score (nSPS) is 18.6. The Balaban J connectivity index is 1.81. The largest absolute Gasteiger partial charge is 0.352 e. The second-order valence-electron chi connectivity index (χ2n) is 5.91. The first-order valence-corrected chi connectivity index (χ1v) is 8.74. The van der Waals surface area contributed by atoms with Crippen LogP contribution in [0.5, 0.6) is 0 Å². The molecule has 7 heteroatoms. The molecular weight excluding hydrogens is 362 g/mol. The van der Waals surface area contributed by atoms with Crippen molar-refractivity contribution in [2.24, 2.45) is 0 Å². The number of nitro benzene ring substituents is 1. The van der Waals surface area contributed by atoms with Gasteiger partial charge in [0.05, 0.1) is 9.40 Å². The van der Waals surface area contributed by atoms with Crippen LogP contribution in [0.3, 0.4) is 0 Å². The van der Waals surface area contributed by atoms with E-state index < -0.39 is 4.92 Å². The Hall–Kier alpha value is -1.47. The zero-order valence-electron chi connectivity index (χ0n) is 13.3. The van der Waals surface area contributed by atoms with Crippen LogP contribution in [0.1, 0.15) is 43.0 Å². The Morgan fingerprint density at radius 1 is 1.48 bits per heavy atom. The number of benzene rings is 1. The van der Waals surface area contributed by atoms with Gasteiger partial charge in [0, 0.05) is 30.8 Å². The molecule has 126 valence electrons. The van der Waals surface area contributed by atoms with Crippen LogP contribution in [0.2, 0.25) is 0 Å². The number of hydrogen-bond acceptors (Lipinski definition) is 4. The summed E-state index contributed by atoms with van der Waals surface area (Å²) in [6, 6.07) is 5.03. The molecular formula is C16H22BrN3O3. The molecule has 0 radical (unpaired) electrons. The molecule has 0 spiro atoms. The van der Waals surface area contributed by atoms with Crippen molar-refractivity contribution >= 4 is 27.5 Å². The number of piperidine rings is 1. The zero-order valence-corrected chi connectivity index (χ0v) is 14.8. The third-order valence-corrected chi connectivity index (χ3v) is 4.92. The van der Waals surface area contributed by atoms with E-state index in [0.29, 0.717) is 22.6 Å². The fourth-order valence-corrected chi connectivity index (χ4v) is 3.26. The van der Waals surface area contributed by atoms with E-state index in [0.717, 1.165) is 19.5 Å². The zero-order chi connectivity index (χ0) is 16.8. The van der Waals surface area contributed by atoms with E-state index >= 15 is 0 Å². The summed E-state index contributed by atoms with van der Waals surface area (Å²) in [6.07, 6.45) is 4.68. The highest BCUT2D eigenvalue weighted by Crippen LogP contribution is 2.25. The van der Waals surface area contributed by atoms with Crippen LogP contribution < -0.4 is 5.32 Å². The van der Waals surface area contributed by atoms with Gasteiger partial charge in [0.2, 0.25) is 0 Å². The maximum absolute atomic E-state index is 12.1. The molecule has 0 saturated carbocycles. The Labute approximate surface area is 144 Å². The minimum Gasteiger partial charge on any atom is -0.352 e. The molecule has 0 unspecified atom stereocenters. The van der Waals surface area contributed by atoms with Crippen LogP contribution >= 0.6 is 15.9 Å². The Kier molecular flexibility index (Phi) is 6.53. The number of carbonyl (C=O) groups excluding carboxylic acids is 1. The van der Waals surface area contributed by atoms with Crippen molar-refractivity contribution in [3.05, 3.63) is 38.3 Å². The van der Waals surface area contributed by atoms with E-state index in [9.17, 15) is 14.9 Å². The van der Waals surface area contributed by atoms with Crippen molar-refractivity contribution in [1.82, 2.24) is 10.2 Å². The van der Waals surface area contributed by atoms with Crippen LogP contribution in [0, 0.1) is 10.1 Å². The molecule has 1 aromatic rings. The Morgan fingerprint density at radius 2 is 2.26 bits per heavy atom. The molecule has 6 nitrogen and oxygen atoms in total. The molecule has 1 N–H and O–H groups in total. The second-order valence-corrected chi connectivity index (χ2v) is 6.77. The van der Waals surface area contributed by atoms with Gasteiger partial charge in [0.15, 0.2) is 0 Å². The number of carbonyl (C=O) groups is 1. The topological polar surface area (TPSA) is 75.5 Å². The minimum absolute atomic E-state index is 0.0974. The molecule has 1 atom stereocenters. The maximum atomic E-state index is 12.1. The molecule has 1 aliphatic heterocycles. The van der Waals surface area contributed by atoms with Gasteiger partial charge in [-0.05, 0) is 60.8 Å². The van der Waals surface area contributed by atoms with Gasteiger partial charge in [-0.15, -0.1) is 0 Å². The predicted octanol–water partition coefficient (Wildman–Crippen LogP) is 3.35. The van der Waals surface area contributed by atoms with Gasteiger partial charge in [-0.25, -0.2) is 0 Å². The van der Waals surface area contributed by atoms with Crippen LogP contribution in [0.4, 0.5) is 5.69 Å². The van der Waals surface area contributed by atoms with Gasteiger partial charge in [-0.1, -0.05) is 6.42 Å². The first-order chi connectivity index (χ1) is 11.0. The Bertz CT molecular complexity index is 580. The van der Waals surface area contributed by atoms with E-state index in [-0.39, 0.29) is 11.6 Å². The SMILES string of the molecule is C[C@H]1CCCCN1CCCNC(=O)c1ccc(Br)c([N+](=O)[O-])c1. The lowest BCUT2D eigenvalue weighted by Gasteiger charge is -2.33. The molecule has 0 bridgehead atoms. The molecule has 2 rings (SSSR count). The van der Waals surface area contributed by atoms with Crippen molar-refractivity contribution in [3.63, 3.8) is 0 Å². The van der Waals surface area contributed by atoms with Crippen LogP contribution in [-0.2, 0) is 0 Å². The first kappa shape index (κ1) is 17.9. The number of nitrogens with zero attached hydrogens (tertiary/aromatic N) is 2. The number of hydrogen-bond donors (Lipinski definition) is 1. The number of nitro groups is 1. The third kappa shape index (κ3) is 5.00. The van der Waals surface area contributed by atoms with Crippen molar-refractivity contribution in [2.45, 2.75) is 38.6 Å². The smallest absolute Gasteiger partial charge is 0.284 e. The quantitative estimate of drug-likeness (QED) is 0.464. The predicted molar refractivity (Wildman–Crippen MR) is 92.6 cm³/mol. The third-order valence-electron chi connectivity index (χ3n) is 4.25. The molecule has 1 fully saturated rings. The number of nitrogens with one attached hydrogen (secondary N) is 1. The first-order valence-electron chi connectivity index (χ1n) is 7.95. The summed E-state index contributed by atoms with van der Waals surface area (Å²) in [7, 11) is 0. The van der Waals surface area contributed by atoms with Gasteiger partial charge in [-0.3, -0.25) is 14.9 Å². The standard InChI is InChI=1S/C16H22BrN3O3/c1-12-5-2-3-9-19(12)10-4-8-18-16(21)13-6-7-14(17)15(11-13)20(22)23/h6-7,11-12H,2-5,8-10H2,1H3,(H,18,21)/t12-/m0/s1. The second kappa shape index (κ2) is 8.40. The van der Waals surface area contributed by atoms with Gasteiger partial charge in [0.1, 0.15) is 0 Å². The van der Waals surface area contributed by atoms with Crippen molar-refractivity contribution in [2.75, 3.05) is 19.6 Å². The maximum Gasteiger partial charge on any atom is 0.284 e. The highest BCUT2D eigenvalue weighted by Gasteiger charge is 2.18. The summed E-state index contributed by atoms with van der Waals surface area (Å²) in [5.41, 5.74) is 0.214.